The Morgan fingerprint density at radius 2 is 0.929 bits per heavy atom. The van der Waals surface area contributed by atoms with E-state index in [4.69, 9.17) is 19.4 Å². The van der Waals surface area contributed by atoms with E-state index >= 15 is 0 Å². The fourth-order valence-electron chi connectivity index (χ4n) is 10.6. The highest BCUT2D eigenvalue weighted by Gasteiger charge is 2.21. The molecule has 5 heterocycles. The van der Waals surface area contributed by atoms with E-state index in [2.05, 4.69) is 193 Å². The molecule has 326 valence electrons. The molecule has 5 nitrogen and oxygen atoms in total. The van der Waals surface area contributed by atoms with Gasteiger partial charge in [0.25, 0.3) is 0 Å². The van der Waals surface area contributed by atoms with Gasteiger partial charge in [-0.2, -0.15) is 0 Å². The molecule has 0 fully saturated rings. The largest absolute Gasteiger partial charge is 0.456 e. The molecule has 0 unspecified atom stereocenters. The molecule has 0 aliphatic heterocycles. The molecular weight excluding hydrogens is 893 g/mol. The van der Waals surface area contributed by atoms with Gasteiger partial charge in [0.2, 0.25) is 0 Å². The van der Waals surface area contributed by atoms with E-state index in [9.17, 15) is 0 Å². The Bertz CT molecular complexity index is 4600. The van der Waals surface area contributed by atoms with Gasteiger partial charge in [0.1, 0.15) is 11.2 Å². The molecule has 0 aliphatic rings. The first-order valence-corrected chi connectivity index (χ1v) is 25.0. The van der Waals surface area contributed by atoms with Gasteiger partial charge in [0.15, 0.2) is 17.5 Å². The molecule has 15 rings (SSSR count). The van der Waals surface area contributed by atoms with Gasteiger partial charge < -0.3 is 8.98 Å². The number of thiophene rings is 2. The van der Waals surface area contributed by atoms with E-state index in [1.807, 2.05) is 41.7 Å². The highest BCUT2D eigenvalue weighted by Crippen LogP contribution is 2.44. The van der Waals surface area contributed by atoms with E-state index in [1.165, 1.54) is 74.3 Å². The number of para-hydroxylation sites is 2. The number of rotatable bonds is 6. The Kier molecular flexibility index (Phi) is 8.63. The van der Waals surface area contributed by atoms with Crippen LogP contribution in [0.5, 0.6) is 0 Å². The lowest BCUT2D eigenvalue weighted by atomic mass is 9.98. The first-order valence-electron chi connectivity index (χ1n) is 23.4. The molecule has 0 bridgehead atoms. The predicted molar refractivity (Wildman–Crippen MR) is 294 cm³/mol. The first-order chi connectivity index (χ1) is 34.7. The zero-order valence-electron chi connectivity index (χ0n) is 37.3. The standard InChI is InChI=1S/C63H36N4OS2/c1-3-13-37(14-4-1)61-64-62(66-63(65-61)48-21-11-19-46-44-18-8-10-24-56(44)70-60(46)48)47-20-12-23-55-59(47)51-35-39(27-31-54(51)68-55)40-28-32-57-50(34-40)45-29-25-41(36-58(45)69-57)38-26-30-53-49(33-38)43-17-7-9-22-52(43)67(53)42-15-5-2-6-16-42/h1-36H. The van der Waals surface area contributed by atoms with Crippen molar-refractivity contribution in [2.75, 3.05) is 0 Å². The van der Waals surface area contributed by atoms with Crippen molar-refractivity contribution in [2.24, 2.45) is 0 Å². The van der Waals surface area contributed by atoms with Crippen LogP contribution >= 0.6 is 22.7 Å². The van der Waals surface area contributed by atoms with Crippen LogP contribution in [0.2, 0.25) is 0 Å². The summed E-state index contributed by atoms with van der Waals surface area (Å²) >= 11 is 3.63. The summed E-state index contributed by atoms with van der Waals surface area (Å²) in [5.74, 6) is 1.87. The van der Waals surface area contributed by atoms with Crippen LogP contribution in [0.15, 0.2) is 223 Å². The zero-order valence-corrected chi connectivity index (χ0v) is 38.9. The smallest absolute Gasteiger partial charge is 0.165 e. The second-order valence-electron chi connectivity index (χ2n) is 17.9. The summed E-state index contributed by atoms with van der Waals surface area (Å²) in [6.45, 7) is 0. The van der Waals surface area contributed by atoms with Crippen LogP contribution in [-0.2, 0) is 0 Å². The maximum absolute atomic E-state index is 6.59. The minimum Gasteiger partial charge on any atom is -0.456 e. The Hall–Kier alpha value is -8.75. The fraction of sp³-hybridized carbons (Fsp3) is 0. The van der Waals surface area contributed by atoms with E-state index in [-0.39, 0.29) is 0 Å². The molecule has 0 aliphatic carbocycles. The SMILES string of the molecule is c1ccc(-c2nc(-c3cccc4c3sc3ccccc34)nc(-c3cccc4oc5ccc(-c6ccc7sc8cc(-c9ccc%10c(c9)c9ccccc9n%10-c9ccccc9)ccc8c7c6)cc5c34)n2)cc1. The van der Waals surface area contributed by atoms with Crippen LogP contribution in [-0.4, -0.2) is 19.5 Å². The van der Waals surface area contributed by atoms with Gasteiger partial charge in [0.05, 0.1) is 11.0 Å². The average molecular weight is 929 g/mol. The van der Waals surface area contributed by atoms with Gasteiger partial charge in [-0.15, -0.1) is 22.7 Å². The molecule has 0 N–H and O–H groups in total. The van der Waals surface area contributed by atoms with Gasteiger partial charge in [-0.25, -0.2) is 15.0 Å². The van der Waals surface area contributed by atoms with Crippen LogP contribution in [0.1, 0.15) is 0 Å². The topological polar surface area (TPSA) is 56.7 Å². The van der Waals surface area contributed by atoms with Gasteiger partial charge in [0, 0.05) is 84.3 Å². The Morgan fingerprint density at radius 1 is 0.329 bits per heavy atom. The molecule has 0 spiro atoms. The third-order valence-corrected chi connectivity index (χ3v) is 16.2. The summed E-state index contributed by atoms with van der Waals surface area (Å²) in [6, 6.07) is 78.0. The van der Waals surface area contributed by atoms with Crippen molar-refractivity contribution in [1.82, 2.24) is 19.5 Å². The number of aromatic nitrogens is 4. The van der Waals surface area contributed by atoms with E-state index in [0.717, 1.165) is 54.5 Å². The number of hydrogen-bond acceptors (Lipinski definition) is 6. The quantitative estimate of drug-likeness (QED) is 0.167. The van der Waals surface area contributed by atoms with Gasteiger partial charge >= 0.3 is 0 Å². The van der Waals surface area contributed by atoms with Crippen molar-refractivity contribution in [1.29, 1.82) is 0 Å². The molecule has 0 atom stereocenters. The summed E-state index contributed by atoms with van der Waals surface area (Å²) in [4.78, 5) is 15.7. The fourth-order valence-corrected chi connectivity index (χ4v) is 12.9. The van der Waals surface area contributed by atoms with Gasteiger partial charge in [-0.1, -0.05) is 140 Å². The maximum Gasteiger partial charge on any atom is 0.165 e. The molecule has 0 radical (unpaired) electrons. The molecule has 0 saturated heterocycles. The summed E-state index contributed by atoms with van der Waals surface area (Å²) in [7, 11) is 0. The highest BCUT2D eigenvalue weighted by molar-refractivity contribution is 7.26. The molecule has 70 heavy (non-hydrogen) atoms. The maximum atomic E-state index is 6.59. The number of benzene rings is 10. The van der Waals surface area contributed by atoms with Crippen LogP contribution in [0.4, 0.5) is 0 Å². The minimum absolute atomic E-state index is 0.602. The first kappa shape index (κ1) is 39.3. The van der Waals surface area contributed by atoms with Crippen molar-refractivity contribution in [3.8, 4) is 62.1 Å². The summed E-state index contributed by atoms with van der Waals surface area (Å²) in [5, 5.41) is 9.46. The lowest BCUT2D eigenvalue weighted by Gasteiger charge is -2.10. The van der Waals surface area contributed by atoms with Crippen molar-refractivity contribution in [2.45, 2.75) is 0 Å². The third-order valence-electron chi connectivity index (χ3n) is 13.9. The lowest BCUT2D eigenvalue weighted by Crippen LogP contribution is -2.00. The number of furan rings is 1. The molecule has 15 aromatic rings. The van der Waals surface area contributed by atoms with Crippen LogP contribution in [0, 0.1) is 0 Å². The Labute approximate surface area is 408 Å². The number of hydrogen-bond donors (Lipinski definition) is 0. The van der Waals surface area contributed by atoms with Crippen molar-refractivity contribution >= 4 is 107 Å². The third kappa shape index (κ3) is 6.12. The minimum atomic E-state index is 0.602. The molecule has 0 saturated carbocycles. The predicted octanol–water partition coefficient (Wildman–Crippen LogP) is 17.9. The van der Waals surface area contributed by atoms with E-state index in [1.54, 1.807) is 11.3 Å². The monoisotopic (exact) mass is 928 g/mol. The number of fused-ring (bicyclic) bond motifs is 12. The molecule has 0 amide bonds. The van der Waals surface area contributed by atoms with Crippen molar-refractivity contribution in [3.63, 3.8) is 0 Å². The summed E-state index contributed by atoms with van der Waals surface area (Å²) in [5.41, 5.74) is 12.7. The van der Waals surface area contributed by atoms with E-state index < -0.39 is 0 Å². The van der Waals surface area contributed by atoms with Crippen LogP contribution in [0.3, 0.4) is 0 Å². The Morgan fingerprint density at radius 3 is 1.80 bits per heavy atom. The molecular formula is C63H36N4OS2. The summed E-state index contributed by atoms with van der Waals surface area (Å²) < 4.78 is 13.9. The van der Waals surface area contributed by atoms with Crippen LogP contribution < -0.4 is 0 Å². The second-order valence-corrected chi connectivity index (χ2v) is 20.0. The molecule has 10 aromatic carbocycles. The highest BCUT2D eigenvalue weighted by atomic mass is 32.1. The van der Waals surface area contributed by atoms with Crippen molar-refractivity contribution < 1.29 is 4.42 Å². The van der Waals surface area contributed by atoms with Gasteiger partial charge in [-0.3, -0.25) is 0 Å². The Balaban J connectivity index is 0.833. The molecule has 7 heteroatoms. The van der Waals surface area contributed by atoms with Crippen molar-refractivity contribution in [3.05, 3.63) is 218 Å². The van der Waals surface area contributed by atoms with Crippen LogP contribution in [0.25, 0.3) is 146 Å². The average Bonchev–Trinajstić information content (AvgIpc) is 4.19. The number of nitrogens with zero attached hydrogens (tertiary/aromatic N) is 4. The lowest BCUT2D eigenvalue weighted by molar-refractivity contribution is 0.669. The normalized spacial score (nSPS) is 12.0. The second kappa shape index (κ2) is 15.4. The summed E-state index contributed by atoms with van der Waals surface area (Å²) in [6.07, 6.45) is 0. The van der Waals surface area contributed by atoms with E-state index in [0.29, 0.717) is 17.5 Å². The van der Waals surface area contributed by atoms with Gasteiger partial charge in [-0.05, 0) is 101 Å². The zero-order chi connectivity index (χ0) is 45.9. The molecule has 5 aromatic heterocycles.